The van der Waals surface area contributed by atoms with Crippen molar-refractivity contribution < 1.29 is 0 Å². The minimum atomic E-state index is 0.0937. The van der Waals surface area contributed by atoms with Crippen molar-refractivity contribution in [3.63, 3.8) is 0 Å². The van der Waals surface area contributed by atoms with E-state index < -0.39 is 0 Å². The lowest BCUT2D eigenvalue weighted by atomic mass is 10.0. The Bertz CT molecular complexity index is 448. The first-order valence-electron chi connectivity index (χ1n) is 5.98. The summed E-state index contributed by atoms with van der Waals surface area (Å²) in [6.07, 6.45) is 3.73. The monoisotopic (exact) mass is 305 g/mol. The number of hydrogen-bond acceptors (Lipinski definition) is 3. The molecule has 1 N–H and O–H groups in total. The Hall–Kier alpha value is -1.26. The highest BCUT2D eigenvalue weighted by atomic mass is 79.9. The molecular formula is C14H16BrN3. The average Bonchev–Trinajstić information content (AvgIpc) is 2.39. The molecule has 1 atom stereocenters. The van der Waals surface area contributed by atoms with Gasteiger partial charge in [0.25, 0.3) is 0 Å². The molecule has 0 bridgehead atoms. The van der Waals surface area contributed by atoms with E-state index in [4.69, 9.17) is 0 Å². The summed E-state index contributed by atoms with van der Waals surface area (Å²) >= 11 is 3.40. The maximum Gasteiger partial charge on any atom is 0.0766 e. The van der Waals surface area contributed by atoms with E-state index in [0.717, 1.165) is 28.0 Å². The van der Waals surface area contributed by atoms with E-state index in [1.165, 1.54) is 0 Å². The molecule has 1 unspecified atom stereocenters. The molecule has 0 saturated heterocycles. The minimum Gasteiger partial charge on any atom is -0.305 e. The molecule has 0 aliphatic rings. The van der Waals surface area contributed by atoms with Gasteiger partial charge in [-0.2, -0.15) is 0 Å². The second kappa shape index (κ2) is 6.07. The van der Waals surface area contributed by atoms with Gasteiger partial charge < -0.3 is 5.32 Å². The zero-order valence-electron chi connectivity index (χ0n) is 10.5. The molecule has 4 heteroatoms. The van der Waals surface area contributed by atoms with Crippen molar-refractivity contribution in [1.29, 1.82) is 0 Å². The van der Waals surface area contributed by atoms with Crippen LogP contribution < -0.4 is 5.32 Å². The Balaban J connectivity index is 2.33. The van der Waals surface area contributed by atoms with E-state index >= 15 is 0 Å². The van der Waals surface area contributed by atoms with Crippen LogP contribution in [0.5, 0.6) is 0 Å². The van der Waals surface area contributed by atoms with Crippen molar-refractivity contribution in [1.82, 2.24) is 15.3 Å². The van der Waals surface area contributed by atoms with Crippen molar-refractivity contribution >= 4 is 15.9 Å². The fourth-order valence-electron chi connectivity index (χ4n) is 1.81. The van der Waals surface area contributed by atoms with Gasteiger partial charge in [0.05, 0.1) is 11.7 Å². The summed E-state index contributed by atoms with van der Waals surface area (Å²) in [5.41, 5.74) is 3.17. The Kier molecular flexibility index (Phi) is 4.44. The lowest BCUT2D eigenvalue weighted by molar-refractivity contribution is 0.613. The van der Waals surface area contributed by atoms with E-state index in [2.05, 4.69) is 44.2 Å². The predicted molar refractivity (Wildman–Crippen MR) is 76.4 cm³/mol. The zero-order chi connectivity index (χ0) is 13.0. The number of pyridine rings is 2. The Morgan fingerprint density at radius 1 is 1.17 bits per heavy atom. The molecule has 0 radical (unpaired) electrons. The van der Waals surface area contributed by atoms with Gasteiger partial charge in [-0.1, -0.05) is 13.0 Å². The van der Waals surface area contributed by atoms with Crippen LogP contribution in [0.2, 0.25) is 0 Å². The van der Waals surface area contributed by atoms with Gasteiger partial charge in [-0.25, -0.2) is 0 Å². The van der Waals surface area contributed by atoms with Crippen LogP contribution in [0.15, 0.2) is 41.1 Å². The SMILES string of the molecule is CCNC(c1ccc(C)nc1)c1ccc(Br)cn1. The molecule has 0 aliphatic heterocycles. The van der Waals surface area contributed by atoms with E-state index in [-0.39, 0.29) is 6.04 Å². The van der Waals surface area contributed by atoms with Gasteiger partial charge in [-0.15, -0.1) is 0 Å². The average molecular weight is 306 g/mol. The highest BCUT2D eigenvalue weighted by Gasteiger charge is 2.14. The molecule has 2 aromatic rings. The molecule has 3 nitrogen and oxygen atoms in total. The smallest absolute Gasteiger partial charge is 0.0766 e. The van der Waals surface area contributed by atoms with Crippen LogP contribution in [0.1, 0.15) is 29.9 Å². The number of rotatable bonds is 4. The predicted octanol–water partition coefficient (Wildman–Crippen LogP) is 3.25. The Morgan fingerprint density at radius 2 is 2.00 bits per heavy atom. The van der Waals surface area contributed by atoms with Crippen LogP contribution in [0, 0.1) is 6.92 Å². The van der Waals surface area contributed by atoms with Crippen LogP contribution in [0.3, 0.4) is 0 Å². The lowest BCUT2D eigenvalue weighted by Crippen LogP contribution is -2.23. The summed E-state index contributed by atoms with van der Waals surface area (Å²) < 4.78 is 0.989. The number of nitrogens with one attached hydrogen (secondary N) is 1. The number of aromatic nitrogens is 2. The topological polar surface area (TPSA) is 37.8 Å². The first-order valence-corrected chi connectivity index (χ1v) is 6.77. The molecule has 18 heavy (non-hydrogen) atoms. The van der Waals surface area contributed by atoms with E-state index in [1.807, 2.05) is 37.5 Å². The normalized spacial score (nSPS) is 12.4. The van der Waals surface area contributed by atoms with Crippen molar-refractivity contribution in [2.24, 2.45) is 0 Å². The van der Waals surface area contributed by atoms with Crippen LogP contribution in [0.4, 0.5) is 0 Å². The standard InChI is InChI=1S/C14H16BrN3/c1-3-16-14(11-5-4-10(2)17-8-11)13-7-6-12(15)9-18-13/h4-9,14,16H,3H2,1-2H3. The van der Waals surface area contributed by atoms with Crippen molar-refractivity contribution in [2.75, 3.05) is 6.54 Å². The third-order valence-corrected chi connectivity index (χ3v) is 3.19. The van der Waals surface area contributed by atoms with Gasteiger partial charge in [0, 0.05) is 22.6 Å². The van der Waals surface area contributed by atoms with Crippen molar-refractivity contribution in [3.8, 4) is 0 Å². The number of halogens is 1. The fraction of sp³-hybridized carbons (Fsp3) is 0.286. The van der Waals surface area contributed by atoms with Gasteiger partial charge >= 0.3 is 0 Å². The second-order valence-corrected chi connectivity index (χ2v) is 5.04. The van der Waals surface area contributed by atoms with Gasteiger partial charge in [0.1, 0.15) is 0 Å². The van der Waals surface area contributed by atoms with E-state index in [0.29, 0.717) is 0 Å². The van der Waals surface area contributed by atoms with Crippen LogP contribution in [-0.4, -0.2) is 16.5 Å². The number of nitrogens with zero attached hydrogens (tertiary/aromatic N) is 2. The van der Waals surface area contributed by atoms with E-state index in [1.54, 1.807) is 0 Å². The fourth-order valence-corrected chi connectivity index (χ4v) is 2.04. The Morgan fingerprint density at radius 3 is 2.56 bits per heavy atom. The third-order valence-electron chi connectivity index (χ3n) is 2.72. The molecule has 0 aromatic carbocycles. The van der Waals surface area contributed by atoms with Crippen molar-refractivity contribution in [2.45, 2.75) is 19.9 Å². The number of hydrogen-bond donors (Lipinski definition) is 1. The molecule has 0 aliphatic carbocycles. The van der Waals surface area contributed by atoms with Crippen LogP contribution in [0.25, 0.3) is 0 Å². The van der Waals surface area contributed by atoms with Gasteiger partial charge in [-0.3, -0.25) is 9.97 Å². The summed E-state index contributed by atoms with van der Waals surface area (Å²) in [7, 11) is 0. The van der Waals surface area contributed by atoms with Crippen LogP contribution in [-0.2, 0) is 0 Å². The highest BCUT2D eigenvalue weighted by Crippen LogP contribution is 2.21. The van der Waals surface area contributed by atoms with Crippen molar-refractivity contribution in [3.05, 3.63) is 58.1 Å². The van der Waals surface area contributed by atoms with Gasteiger partial charge in [0.2, 0.25) is 0 Å². The number of aryl methyl sites for hydroxylation is 1. The maximum atomic E-state index is 4.46. The molecule has 2 rings (SSSR count). The Labute approximate surface area is 116 Å². The first kappa shape index (κ1) is 13.2. The summed E-state index contributed by atoms with van der Waals surface area (Å²) in [5, 5.41) is 3.44. The molecule has 2 aromatic heterocycles. The summed E-state index contributed by atoms with van der Waals surface area (Å²) in [6.45, 7) is 4.97. The minimum absolute atomic E-state index is 0.0937. The summed E-state index contributed by atoms with van der Waals surface area (Å²) in [5.74, 6) is 0. The molecule has 94 valence electrons. The lowest BCUT2D eigenvalue weighted by Gasteiger charge is -2.17. The molecular weight excluding hydrogens is 290 g/mol. The second-order valence-electron chi connectivity index (χ2n) is 4.12. The third kappa shape index (κ3) is 3.15. The molecule has 2 heterocycles. The quantitative estimate of drug-likeness (QED) is 0.942. The molecule has 0 spiro atoms. The molecule has 0 fully saturated rings. The van der Waals surface area contributed by atoms with E-state index in [9.17, 15) is 0 Å². The highest BCUT2D eigenvalue weighted by molar-refractivity contribution is 9.10. The molecule has 0 amide bonds. The zero-order valence-corrected chi connectivity index (χ0v) is 12.1. The van der Waals surface area contributed by atoms with Crippen LogP contribution >= 0.6 is 15.9 Å². The summed E-state index contributed by atoms with van der Waals surface area (Å²) in [4.78, 5) is 8.81. The largest absolute Gasteiger partial charge is 0.305 e. The van der Waals surface area contributed by atoms with Gasteiger partial charge in [0.15, 0.2) is 0 Å². The first-order chi connectivity index (χ1) is 8.70. The molecule has 0 saturated carbocycles. The maximum absolute atomic E-state index is 4.46. The van der Waals surface area contributed by atoms with Gasteiger partial charge in [-0.05, 0) is 53.2 Å². The summed E-state index contributed by atoms with van der Waals surface area (Å²) in [6, 6.07) is 8.25.